The molecule has 1 aromatic rings. The Hall–Kier alpha value is -0.280. The van der Waals surface area contributed by atoms with Gasteiger partial charge in [0.25, 0.3) is 0 Å². The summed E-state index contributed by atoms with van der Waals surface area (Å²) in [5.41, 5.74) is 0.999. The minimum Gasteiger partial charge on any atom is -0.355 e. The van der Waals surface area contributed by atoms with Crippen LogP contribution in [0.25, 0.3) is 0 Å². The molecule has 0 radical (unpaired) electrons. The van der Waals surface area contributed by atoms with E-state index in [1.165, 1.54) is 0 Å². The number of rotatable bonds is 4. The van der Waals surface area contributed by atoms with Gasteiger partial charge >= 0.3 is 0 Å². The highest BCUT2D eigenvalue weighted by atomic mass is 127. The maximum atomic E-state index is 6.29. The summed E-state index contributed by atoms with van der Waals surface area (Å²) in [5.74, 6) is 0.773. The van der Waals surface area contributed by atoms with Gasteiger partial charge in [0.2, 0.25) is 0 Å². The Kier molecular flexibility index (Phi) is 9.80. The van der Waals surface area contributed by atoms with Crippen molar-refractivity contribution in [3.8, 4) is 0 Å². The standard InChI is InChI=1S/C17H27Cl2N5.HI/c1-12(15-6-5-13(18)9-16(15)19)22-17(20-2)21-10-14-11-23(3)7-8-24(14)4;/h5-6,9,12,14H,7-8,10-11H2,1-4H3,(H2,20,21,22);1H. The van der Waals surface area contributed by atoms with E-state index in [9.17, 15) is 0 Å². The molecule has 1 aromatic carbocycles. The zero-order valence-electron chi connectivity index (χ0n) is 15.2. The molecule has 2 rings (SSSR count). The van der Waals surface area contributed by atoms with Gasteiger partial charge in [-0.15, -0.1) is 24.0 Å². The molecule has 0 saturated carbocycles. The number of aliphatic imine (C=N–C) groups is 1. The Labute approximate surface area is 178 Å². The molecule has 1 fully saturated rings. The van der Waals surface area contributed by atoms with Crippen molar-refractivity contribution in [3.05, 3.63) is 33.8 Å². The van der Waals surface area contributed by atoms with E-state index in [2.05, 4.69) is 46.4 Å². The first kappa shape index (κ1) is 22.8. The summed E-state index contributed by atoms with van der Waals surface area (Å²) in [5, 5.41) is 8.11. The van der Waals surface area contributed by atoms with Crippen molar-refractivity contribution in [2.24, 2.45) is 4.99 Å². The quantitative estimate of drug-likeness (QED) is 0.379. The Morgan fingerprint density at radius 3 is 2.68 bits per heavy atom. The van der Waals surface area contributed by atoms with Crippen LogP contribution in [0.1, 0.15) is 18.5 Å². The number of hydrogen-bond donors (Lipinski definition) is 2. The molecule has 2 atom stereocenters. The summed E-state index contributed by atoms with van der Waals surface area (Å²) in [6.07, 6.45) is 0. The Bertz CT molecular complexity index is 584. The lowest BCUT2D eigenvalue weighted by Crippen LogP contribution is -2.55. The first-order valence-electron chi connectivity index (χ1n) is 8.21. The van der Waals surface area contributed by atoms with Crippen LogP contribution in [-0.2, 0) is 0 Å². The molecule has 8 heteroatoms. The SMILES string of the molecule is CN=C(NCC1CN(C)CCN1C)NC(C)c1ccc(Cl)cc1Cl.I. The van der Waals surface area contributed by atoms with E-state index in [0.29, 0.717) is 16.1 Å². The van der Waals surface area contributed by atoms with Crippen LogP contribution in [0.4, 0.5) is 0 Å². The lowest BCUT2D eigenvalue weighted by atomic mass is 10.1. The van der Waals surface area contributed by atoms with Crippen molar-refractivity contribution in [3.63, 3.8) is 0 Å². The number of nitrogens with one attached hydrogen (secondary N) is 2. The van der Waals surface area contributed by atoms with Crippen LogP contribution in [0.5, 0.6) is 0 Å². The number of piperazine rings is 1. The van der Waals surface area contributed by atoms with E-state index < -0.39 is 0 Å². The van der Waals surface area contributed by atoms with E-state index in [4.69, 9.17) is 23.2 Å². The number of hydrogen-bond acceptors (Lipinski definition) is 3. The zero-order valence-corrected chi connectivity index (χ0v) is 19.1. The molecule has 1 aliphatic rings. The molecule has 0 aliphatic carbocycles. The molecule has 25 heavy (non-hydrogen) atoms. The molecule has 5 nitrogen and oxygen atoms in total. The molecule has 0 aromatic heterocycles. The summed E-state index contributed by atoms with van der Waals surface area (Å²) >= 11 is 12.3. The first-order chi connectivity index (χ1) is 11.4. The Balaban J connectivity index is 0.00000312. The molecular weight excluding hydrogens is 472 g/mol. The van der Waals surface area contributed by atoms with Crippen LogP contribution in [0, 0.1) is 0 Å². The number of guanidine groups is 1. The first-order valence-corrected chi connectivity index (χ1v) is 8.97. The van der Waals surface area contributed by atoms with Gasteiger partial charge in [0.05, 0.1) is 6.04 Å². The number of benzene rings is 1. The molecule has 0 bridgehead atoms. The second-order valence-electron chi connectivity index (χ2n) is 6.38. The second-order valence-corrected chi connectivity index (χ2v) is 7.23. The number of halogens is 3. The maximum Gasteiger partial charge on any atom is 0.191 e. The highest BCUT2D eigenvalue weighted by molar-refractivity contribution is 14.0. The fraction of sp³-hybridized carbons (Fsp3) is 0.588. The maximum absolute atomic E-state index is 6.29. The summed E-state index contributed by atoms with van der Waals surface area (Å²) in [7, 11) is 6.12. The van der Waals surface area contributed by atoms with Gasteiger partial charge in [-0.25, -0.2) is 0 Å². The van der Waals surface area contributed by atoms with E-state index in [0.717, 1.165) is 37.7 Å². The van der Waals surface area contributed by atoms with Crippen molar-refractivity contribution in [2.45, 2.75) is 19.0 Å². The van der Waals surface area contributed by atoms with Crippen LogP contribution in [0.15, 0.2) is 23.2 Å². The fourth-order valence-corrected chi connectivity index (χ4v) is 3.44. The van der Waals surface area contributed by atoms with Gasteiger partial charge in [-0.3, -0.25) is 9.89 Å². The second kappa shape index (κ2) is 10.8. The van der Waals surface area contributed by atoms with Gasteiger partial charge in [-0.2, -0.15) is 0 Å². The Morgan fingerprint density at radius 2 is 2.04 bits per heavy atom. The lowest BCUT2D eigenvalue weighted by Gasteiger charge is -2.38. The third kappa shape index (κ3) is 6.75. The molecule has 0 spiro atoms. The van der Waals surface area contributed by atoms with Gasteiger partial charge in [0, 0.05) is 49.3 Å². The molecule has 2 unspecified atom stereocenters. The van der Waals surface area contributed by atoms with Gasteiger partial charge in [0.15, 0.2) is 5.96 Å². The van der Waals surface area contributed by atoms with Crippen molar-refractivity contribution in [1.29, 1.82) is 0 Å². The third-order valence-corrected chi connectivity index (χ3v) is 5.05. The normalized spacial score (nSPS) is 20.7. The average Bonchev–Trinajstić information content (AvgIpc) is 2.54. The summed E-state index contributed by atoms with van der Waals surface area (Å²) in [6, 6.07) is 6.06. The van der Waals surface area contributed by atoms with Crippen molar-refractivity contribution >= 4 is 53.1 Å². The van der Waals surface area contributed by atoms with E-state index in [-0.39, 0.29) is 30.0 Å². The van der Waals surface area contributed by atoms with Gasteiger partial charge in [-0.1, -0.05) is 29.3 Å². The largest absolute Gasteiger partial charge is 0.355 e. The fourth-order valence-electron chi connectivity index (χ4n) is 2.87. The third-order valence-electron chi connectivity index (χ3n) is 4.49. The topological polar surface area (TPSA) is 42.9 Å². The van der Waals surface area contributed by atoms with Crippen LogP contribution in [0.2, 0.25) is 10.0 Å². The summed E-state index contributed by atoms with van der Waals surface area (Å²) in [4.78, 5) is 9.07. The highest BCUT2D eigenvalue weighted by Gasteiger charge is 2.22. The monoisotopic (exact) mass is 499 g/mol. The zero-order chi connectivity index (χ0) is 17.7. The summed E-state index contributed by atoms with van der Waals surface area (Å²) < 4.78 is 0. The molecule has 1 aliphatic heterocycles. The molecule has 0 amide bonds. The van der Waals surface area contributed by atoms with Crippen molar-refractivity contribution in [1.82, 2.24) is 20.4 Å². The molecule has 2 N–H and O–H groups in total. The number of likely N-dealkylation sites (N-methyl/N-ethyl adjacent to an activating group) is 2. The highest BCUT2D eigenvalue weighted by Crippen LogP contribution is 2.25. The minimum atomic E-state index is 0. The predicted molar refractivity (Wildman–Crippen MR) is 119 cm³/mol. The Morgan fingerprint density at radius 1 is 1.32 bits per heavy atom. The van der Waals surface area contributed by atoms with Crippen LogP contribution < -0.4 is 10.6 Å². The van der Waals surface area contributed by atoms with Crippen LogP contribution in [-0.4, -0.2) is 69.1 Å². The van der Waals surface area contributed by atoms with Gasteiger partial charge in [-0.05, 0) is 38.7 Å². The number of nitrogens with zero attached hydrogens (tertiary/aromatic N) is 3. The molecule has 142 valence electrons. The lowest BCUT2D eigenvalue weighted by molar-refractivity contribution is 0.116. The summed E-state index contributed by atoms with van der Waals surface area (Å²) in [6.45, 7) is 6.17. The van der Waals surface area contributed by atoms with Gasteiger partial charge < -0.3 is 15.5 Å². The molecule has 1 saturated heterocycles. The predicted octanol–water partition coefficient (Wildman–Crippen LogP) is 3.08. The minimum absolute atomic E-state index is 0. The van der Waals surface area contributed by atoms with Crippen LogP contribution >= 0.6 is 47.2 Å². The van der Waals surface area contributed by atoms with Crippen molar-refractivity contribution in [2.75, 3.05) is 47.3 Å². The average molecular weight is 500 g/mol. The van der Waals surface area contributed by atoms with Crippen LogP contribution in [0.3, 0.4) is 0 Å². The van der Waals surface area contributed by atoms with E-state index in [1.807, 2.05) is 12.1 Å². The molecule has 1 heterocycles. The van der Waals surface area contributed by atoms with E-state index >= 15 is 0 Å². The van der Waals surface area contributed by atoms with Gasteiger partial charge in [0.1, 0.15) is 0 Å². The molecular formula is C17H28Cl2IN5. The van der Waals surface area contributed by atoms with E-state index in [1.54, 1.807) is 13.1 Å². The van der Waals surface area contributed by atoms with Crippen molar-refractivity contribution < 1.29 is 0 Å². The smallest absolute Gasteiger partial charge is 0.191 e.